The van der Waals surface area contributed by atoms with Crippen LogP contribution in [0, 0.1) is 5.41 Å². The summed E-state index contributed by atoms with van der Waals surface area (Å²) >= 11 is 0. The zero-order valence-electron chi connectivity index (χ0n) is 12.5. The molecule has 1 aromatic carbocycles. The lowest BCUT2D eigenvalue weighted by atomic mass is 9.95. The summed E-state index contributed by atoms with van der Waals surface area (Å²) in [4.78, 5) is 12.1. The highest BCUT2D eigenvalue weighted by molar-refractivity contribution is 5.94. The van der Waals surface area contributed by atoms with Gasteiger partial charge < -0.3 is 19.9 Å². The summed E-state index contributed by atoms with van der Waals surface area (Å²) in [6, 6.07) is 5.04. The number of nitrogens with one attached hydrogen (secondary N) is 1. The molecular weight excluding hydrogens is 258 g/mol. The molecule has 0 bridgehead atoms. The second-order valence-corrected chi connectivity index (χ2v) is 5.30. The predicted molar refractivity (Wildman–Crippen MR) is 77.4 cm³/mol. The molecule has 1 rings (SSSR count). The fraction of sp³-hybridized carbons (Fsp3) is 0.533. The quantitative estimate of drug-likeness (QED) is 0.800. The van der Waals surface area contributed by atoms with Crippen molar-refractivity contribution in [3.05, 3.63) is 23.8 Å². The van der Waals surface area contributed by atoms with Gasteiger partial charge >= 0.3 is 0 Å². The maximum Gasteiger partial charge on any atom is 0.251 e. The minimum absolute atomic E-state index is 0.0140. The van der Waals surface area contributed by atoms with Crippen LogP contribution in [0.15, 0.2) is 18.2 Å². The van der Waals surface area contributed by atoms with Gasteiger partial charge in [-0.15, -0.1) is 0 Å². The smallest absolute Gasteiger partial charge is 0.251 e. The average molecular weight is 281 g/mol. The summed E-state index contributed by atoms with van der Waals surface area (Å²) in [6.07, 6.45) is 0. The number of carbonyl (C=O) groups is 1. The molecule has 0 atom stereocenters. The lowest BCUT2D eigenvalue weighted by Crippen LogP contribution is -2.36. The summed E-state index contributed by atoms with van der Waals surface area (Å²) < 4.78 is 10.6. The standard InChI is InChI=1S/C15H23NO4/c1-5-20-13-8-11(6-7-12(13)19-4)14(18)16-9-15(2,3)10-17/h6-8,17H,5,9-10H2,1-4H3,(H,16,18). The van der Waals surface area contributed by atoms with Gasteiger partial charge in [0, 0.05) is 24.1 Å². The molecule has 1 aromatic rings. The third kappa shape index (κ3) is 4.42. The van der Waals surface area contributed by atoms with Gasteiger partial charge in [-0.2, -0.15) is 0 Å². The molecule has 5 heteroatoms. The van der Waals surface area contributed by atoms with Crippen LogP contribution in [-0.4, -0.2) is 37.9 Å². The van der Waals surface area contributed by atoms with Crippen molar-refractivity contribution < 1.29 is 19.4 Å². The van der Waals surface area contributed by atoms with E-state index in [1.165, 1.54) is 0 Å². The van der Waals surface area contributed by atoms with Crippen LogP contribution in [0.1, 0.15) is 31.1 Å². The normalized spacial score (nSPS) is 11.1. The lowest BCUT2D eigenvalue weighted by Gasteiger charge is -2.22. The number of aliphatic hydroxyl groups excluding tert-OH is 1. The van der Waals surface area contributed by atoms with Crippen LogP contribution in [0.3, 0.4) is 0 Å². The number of rotatable bonds is 7. The van der Waals surface area contributed by atoms with Crippen LogP contribution >= 0.6 is 0 Å². The summed E-state index contributed by atoms with van der Waals surface area (Å²) in [5.41, 5.74) is 0.160. The molecule has 5 nitrogen and oxygen atoms in total. The van der Waals surface area contributed by atoms with Gasteiger partial charge in [-0.05, 0) is 25.1 Å². The van der Waals surface area contributed by atoms with E-state index >= 15 is 0 Å². The number of ether oxygens (including phenoxy) is 2. The molecule has 0 radical (unpaired) electrons. The van der Waals surface area contributed by atoms with Gasteiger partial charge in [0.15, 0.2) is 11.5 Å². The fourth-order valence-corrected chi connectivity index (χ4v) is 1.56. The van der Waals surface area contributed by atoms with E-state index in [1.54, 1.807) is 25.3 Å². The molecular formula is C15H23NO4. The number of methoxy groups -OCH3 is 1. The zero-order valence-corrected chi connectivity index (χ0v) is 12.5. The van der Waals surface area contributed by atoms with E-state index in [2.05, 4.69) is 5.32 Å². The van der Waals surface area contributed by atoms with Crippen molar-refractivity contribution in [1.82, 2.24) is 5.32 Å². The first-order valence-corrected chi connectivity index (χ1v) is 6.63. The second-order valence-electron chi connectivity index (χ2n) is 5.30. The molecule has 2 N–H and O–H groups in total. The highest BCUT2D eigenvalue weighted by atomic mass is 16.5. The number of carbonyl (C=O) groups excluding carboxylic acids is 1. The Labute approximate surface area is 119 Å². The zero-order chi connectivity index (χ0) is 15.2. The van der Waals surface area contributed by atoms with Crippen molar-refractivity contribution in [3.8, 4) is 11.5 Å². The summed E-state index contributed by atoms with van der Waals surface area (Å²) in [7, 11) is 1.56. The fourth-order valence-electron chi connectivity index (χ4n) is 1.56. The van der Waals surface area contributed by atoms with Gasteiger partial charge in [-0.1, -0.05) is 13.8 Å². The summed E-state index contributed by atoms with van der Waals surface area (Å²) in [5, 5.41) is 12.0. The minimum atomic E-state index is -0.342. The third-order valence-electron chi connectivity index (χ3n) is 2.88. The van der Waals surface area contributed by atoms with Gasteiger partial charge in [0.1, 0.15) is 0 Å². The van der Waals surface area contributed by atoms with Gasteiger partial charge in [0.05, 0.1) is 13.7 Å². The Morgan fingerprint density at radius 2 is 2.05 bits per heavy atom. The Bertz CT molecular complexity index is 457. The lowest BCUT2D eigenvalue weighted by molar-refractivity contribution is 0.0910. The molecule has 0 saturated carbocycles. The van der Waals surface area contributed by atoms with Crippen LogP contribution in [0.2, 0.25) is 0 Å². The number of hydrogen-bond acceptors (Lipinski definition) is 4. The maximum atomic E-state index is 12.1. The number of amides is 1. The highest BCUT2D eigenvalue weighted by Gasteiger charge is 2.18. The molecule has 1 amide bonds. The first kappa shape index (κ1) is 16.3. The van der Waals surface area contributed by atoms with Crippen LogP contribution in [0.25, 0.3) is 0 Å². The molecule has 112 valence electrons. The molecule has 0 fully saturated rings. The van der Waals surface area contributed by atoms with Crippen molar-refractivity contribution in [2.45, 2.75) is 20.8 Å². The Balaban J connectivity index is 2.80. The molecule has 0 aliphatic heterocycles. The Morgan fingerprint density at radius 3 is 2.60 bits per heavy atom. The van der Waals surface area contributed by atoms with Gasteiger partial charge in [-0.25, -0.2) is 0 Å². The van der Waals surface area contributed by atoms with E-state index in [4.69, 9.17) is 9.47 Å². The molecule has 0 heterocycles. The topological polar surface area (TPSA) is 67.8 Å². The molecule has 0 aliphatic carbocycles. The third-order valence-corrected chi connectivity index (χ3v) is 2.88. The summed E-state index contributed by atoms with van der Waals surface area (Å²) in [6.45, 7) is 6.55. The van der Waals surface area contributed by atoms with Crippen molar-refractivity contribution in [3.63, 3.8) is 0 Å². The van der Waals surface area contributed by atoms with E-state index in [0.29, 0.717) is 30.2 Å². The number of hydrogen-bond donors (Lipinski definition) is 2. The van der Waals surface area contributed by atoms with E-state index in [1.807, 2.05) is 20.8 Å². The second kappa shape index (κ2) is 7.14. The molecule has 0 saturated heterocycles. The van der Waals surface area contributed by atoms with Gasteiger partial charge in [-0.3, -0.25) is 4.79 Å². The Hall–Kier alpha value is -1.75. The first-order chi connectivity index (χ1) is 9.43. The van der Waals surface area contributed by atoms with Crippen LogP contribution in [-0.2, 0) is 0 Å². The van der Waals surface area contributed by atoms with Crippen molar-refractivity contribution >= 4 is 5.91 Å². The average Bonchev–Trinajstić information content (AvgIpc) is 2.45. The maximum absolute atomic E-state index is 12.1. The van der Waals surface area contributed by atoms with Crippen molar-refractivity contribution in [2.75, 3.05) is 26.9 Å². The number of aliphatic hydroxyl groups is 1. The first-order valence-electron chi connectivity index (χ1n) is 6.63. The van der Waals surface area contributed by atoms with Crippen molar-refractivity contribution in [2.24, 2.45) is 5.41 Å². The summed E-state index contributed by atoms with van der Waals surface area (Å²) in [5.74, 6) is 0.943. The highest BCUT2D eigenvalue weighted by Crippen LogP contribution is 2.28. The molecule has 0 spiro atoms. The van der Waals surface area contributed by atoms with E-state index < -0.39 is 0 Å². The molecule has 0 aliphatic rings. The van der Waals surface area contributed by atoms with Crippen LogP contribution in [0.4, 0.5) is 0 Å². The van der Waals surface area contributed by atoms with Gasteiger partial charge in [0.2, 0.25) is 0 Å². The van der Waals surface area contributed by atoms with E-state index in [0.717, 1.165) is 0 Å². The molecule has 20 heavy (non-hydrogen) atoms. The van der Waals surface area contributed by atoms with Crippen molar-refractivity contribution in [1.29, 1.82) is 0 Å². The Morgan fingerprint density at radius 1 is 1.35 bits per heavy atom. The SMILES string of the molecule is CCOc1cc(C(=O)NCC(C)(C)CO)ccc1OC. The van der Waals surface area contributed by atoms with Gasteiger partial charge in [0.25, 0.3) is 5.91 Å². The minimum Gasteiger partial charge on any atom is -0.493 e. The predicted octanol–water partition coefficient (Wildman–Crippen LogP) is 1.84. The monoisotopic (exact) mass is 281 g/mol. The van der Waals surface area contributed by atoms with E-state index in [9.17, 15) is 9.90 Å². The van der Waals surface area contributed by atoms with Crippen LogP contribution < -0.4 is 14.8 Å². The van der Waals surface area contributed by atoms with Crippen LogP contribution in [0.5, 0.6) is 11.5 Å². The molecule has 0 unspecified atom stereocenters. The van der Waals surface area contributed by atoms with E-state index in [-0.39, 0.29) is 17.9 Å². The number of benzene rings is 1. The molecule has 0 aromatic heterocycles. The largest absolute Gasteiger partial charge is 0.493 e. The Kier molecular flexibility index (Phi) is 5.82.